The zero-order valence-electron chi connectivity index (χ0n) is 18.0. The van der Waals surface area contributed by atoms with Gasteiger partial charge in [-0.2, -0.15) is 4.31 Å². The number of rotatable bonds is 6. The molecule has 0 spiro atoms. The van der Waals surface area contributed by atoms with Gasteiger partial charge in [0.2, 0.25) is 10.0 Å². The molecule has 1 amide bonds. The Balaban J connectivity index is 1.74. The fraction of sp³-hybridized carbons (Fsp3) is 0.364. The van der Waals surface area contributed by atoms with E-state index in [4.69, 9.17) is 4.74 Å². The van der Waals surface area contributed by atoms with Crippen molar-refractivity contribution in [3.8, 4) is 0 Å². The highest BCUT2D eigenvalue weighted by Gasteiger charge is 2.29. The van der Waals surface area contributed by atoms with Crippen LogP contribution in [0.2, 0.25) is 0 Å². The quantitative estimate of drug-likeness (QED) is 0.498. The van der Waals surface area contributed by atoms with Crippen LogP contribution in [0, 0.1) is 24.4 Å². The number of ether oxygens (including phenoxy) is 1. The number of hydrogen-bond acceptors (Lipinski definition) is 5. The molecule has 2 aromatic carbocycles. The number of anilines is 1. The third kappa shape index (κ3) is 5.36. The summed E-state index contributed by atoms with van der Waals surface area (Å²) in [5.74, 6) is -6.72. The van der Waals surface area contributed by atoms with Gasteiger partial charge in [0.25, 0.3) is 5.91 Å². The number of carbonyl (C=O) groups excluding carboxylic acids is 2. The fourth-order valence-corrected chi connectivity index (χ4v) is 5.16. The van der Waals surface area contributed by atoms with Crippen molar-refractivity contribution in [3.05, 3.63) is 58.9 Å². The topological polar surface area (TPSA) is 92.8 Å². The second-order valence-corrected chi connectivity index (χ2v) is 9.61. The van der Waals surface area contributed by atoms with Gasteiger partial charge in [0.05, 0.1) is 16.1 Å². The van der Waals surface area contributed by atoms with Gasteiger partial charge >= 0.3 is 5.97 Å². The molecule has 0 radical (unpaired) electrons. The molecule has 0 unspecified atom stereocenters. The molecule has 33 heavy (non-hydrogen) atoms. The molecule has 1 saturated heterocycles. The number of sulfonamides is 1. The van der Waals surface area contributed by atoms with E-state index in [0.29, 0.717) is 24.7 Å². The zero-order chi connectivity index (χ0) is 24.3. The number of hydrogen-bond donors (Lipinski definition) is 1. The first-order valence-electron chi connectivity index (χ1n) is 10.3. The molecule has 1 heterocycles. The Labute approximate surface area is 189 Å². The summed E-state index contributed by atoms with van der Waals surface area (Å²) in [6.45, 7) is 3.60. The predicted octanol–water partition coefficient (Wildman–Crippen LogP) is 3.77. The van der Waals surface area contributed by atoms with Crippen LogP contribution in [-0.4, -0.2) is 43.8 Å². The Bertz CT molecular complexity index is 1180. The lowest BCUT2D eigenvalue weighted by atomic mass is 10.1. The molecule has 2 aromatic rings. The Hall–Kier alpha value is -2.92. The monoisotopic (exact) mass is 484 g/mol. The lowest BCUT2D eigenvalue weighted by molar-refractivity contribution is -0.123. The molecule has 3 rings (SSSR count). The molecule has 1 fully saturated rings. The van der Waals surface area contributed by atoms with E-state index in [-0.39, 0.29) is 10.5 Å². The first-order valence-corrected chi connectivity index (χ1v) is 11.7. The Morgan fingerprint density at radius 1 is 1.03 bits per heavy atom. The number of benzene rings is 2. The Morgan fingerprint density at radius 3 is 2.36 bits per heavy atom. The summed E-state index contributed by atoms with van der Waals surface area (Å²) in [5.41, 5.74) is -0.251. The molecule has 1 atom stereocenters. The standard InChI is InChI=1S/C22H23F3N2O5S/c1-13-6-7-15(12-18(13)33(30,31)27-10-4-3-5-11-27)22(29)32-14(2)21(28)26-17-9-8-16(23)19(24)20(17)25/h6-9,12,14H,3-5,10-11H2,1-2H3,(H,26,28)/t14-/m0/s1. The maximum atomic E-state index is 13.8. The first-order chi connectivity index (χ1) is 15.5. The van der Waals surface area contributed by atoms with Crippen molar-refractivity contribution in [2.45, 2.75) is 44.1 Å². The van der Waals surface area contributed by atoms with Gasteiger partial charge < -0.3 is 10.1 Å². The van der Waals surface area contributed by atoms with Crippen LogP contribution in [0.4, 0.5) is 18.9 Å². The summed E-state index contributed by atoms with van der Waals surface area (Å²) in [7, 11) is -3.81. The Morgan fingerprint density at radius 2 is 1.70 bits per heavy atom. The van der Waals surface area contributed by atoms with Crippen molar-refractivity contribution in [2.75, 3.05) is 18.4 Å². The molecule has 1 aliphatic heterocycles. The van der Waals surface area contributed by atoms with Crippen LogP contribution in [0.15, 0.2) is 35.2 Å². The van der Waals surface area contributed by atoms with Crippen molar-refractivity contribution >= 4 is 27.6 Å². The molecule has 1 aliphatic rings. The highest BCUT2D eigenvalue weighted by molar-refractivity contribution is 7.89. The number of aryl methyl sites for hydroxylation is 1. The van der Waals surface area contributed by atoms with Crippen LogP contribution in [0.3, 0.4) is 0 Å². The van der Waals surface area contributed by atoms with Crippen molar-refractivity contribution in [1.82, 2.24) is 4.31 Å². The Kier molecular flexibility index (Phi) is 7.43. The number of halogens is 3. The van der Waals surface area contributed by atoms with Gasteiger partial charge in [-0.3, -0.25) is 4.79 Å². The number of piperidine rings is 1. The number of carbonyl (C=O) groups is 2. The summed E-state index contributed by atoms with van der Waals surface area (Å²) in [4.78, 5) is 24.8. The molecule has 0 saturated carbocycles. The van der Waals surface area contributed by atoms with Gasteiger partial charge in [-0.25, -0.2) is 26.4 Å². The van der Waals surface area contributed by atoms with Gasteiger partial charge in [-0.05, 0) is 56.5 Å². The SMILES string of the molecule is Cc1ccc(C(=O)O[C@@H](C)C(=O)Nc2ccc(F)c(F)c2F)cc1S(=O)(=O)N1CCCCC1. The number of nitrogens with zero attached hydrogens (tertiary/aromatic N) is 1. The lowest BCUT2D eigenvalue weighted by Gasteiger charge is -2.26. The molecule has 0 bridgehead atoms. The summed E-state index contributed by atoms with van der Waals surface area (Å²) >= 11 is 0. The minimum Gasteiger partial charge on any atom is -0.449 e. The second-order valence-electron chi connectivity index (χ2n) is 7.70. The summed E-state index contributed by atoms with van der Waals surface area (Å²) in [6, 6.07) is 5.50. The van der Waals surface area contributed by atoms with Gasteiger partial charge in [-0.1, -0.05) is 12.5 Å². The summed E-state index contributed by atoms with van der Waals surface area (Å²) < 4.78 is 72.6. The summed E-state index contributed by atoms with van der Waals surface area (Å²) in [6.07, 6.45) is 1.02. The average molecular weight is 484 g/mol. The zero-order valence-corrected chi connectivity index (χ0v) is 18.8. The molecule has 11 heteroatoms. The smallest absolute Gasteiger partial charge is 0.338 e. The molecule has 0 aliphatic carbocycles. The van der Waals surface area contributed by atoms with E-state index < -0.39 is 51.1 Å². The molecule has 178 valence electrons. The average Bonchev–Trinajstić information content (AvgIpc) is 2.80. The molecular weight excluding hydrogens is 461 g/mol. The van der Waals surface area contributed by atoms with Crippen molar-refractivity contribution in [3.63, 3.8) is 0 Å². The highest BCUT2D eigenvalue weighted by atomic mass is 32.2. The van der Waals surface area contributed by atoms with Crippen molar-refractivity contribution in [1.29, 1.82) is 0 Å². The second kappa shape index (κ2) is 9.92. The maximum Gasteiger partial charge on any atom is 0.338 e. The normalized spacial score (nSPS) is 15.7. The van der Waals surface area contributed by atoms with Crippen molar-refractivity contribution < 1.29 is 35.9 Å². The van der Waals surface area contributed by atoms with E-state index in [0.717, 1.165) is 25.3 Å². The van der Waals surface area contributed by atoms with Gasteiger partial charge in [0.15, 0.2) is 23.6 Å². The van der Waals surface area contributed by atoms with E-state index in [1.165, 1.54) is 29.4 Å². The third-order valence-corrected chi connectivity index (χ3v) is 7.34. The minimum atomic E-state index is -3.81. The predicted molar refractivity (Wildman–Crippen MR) is 114 cm³/mol. The molecule has 7 nitrogen and oxygen atoms in total. The van der Waals surface area contributed by atoms with E-state index >= 15 is 0 Å². The van der Waals surface area contributed by atoms with Crippen LogP contribution >= 0.6 is 0 Å². The van der Waals surface area contributed by atoms with E-state index in [1.807, 2.05) is 5.32 Å². The van der Waals surface area contributed by atoms with Gasteiger partial charge in [0, 0.05) is 13.1 Å². The van der Waals surface area contributed by atoms with Crippen LogP contribution in [0.1, 0.15) is 42.1 Å². The lowest BCUT2D eigenvalue weighted by Crippen LogP contribution is -2.36. The van der Waals surface area contributed by atoms with E-state index in [1.54, 1.807) is 6.92 Å². The van der Waals surface area contributed by atoms with Crippen LogP contribution in [0.25, 0.3) is 0 Å². The molecule has 0 aromatic heterocycles. The van der Waals surface area contributed by atoms with Crippen molar-refractivity contribution in [2.24, 2.45) is 0 Å². The fourth-order valence-electron chi connectivity index (χ4n) is 3.39. The maximum absolute atomic E-state index is 13.8. The first kappa shape index (κ1) is 24.7. The number of amides is 1. The van der Waals surface area contributed by atoms with Crippen LogP contribution in [-0.2, 0) is 19.6 Å². The van der Waals surface area contributed by atoms with E-state index in [9.17, 15) is 31.2 Å². The number of esters is 1. The third-order valence-electron chi connectivity index (χ3n) is 5.30. The highest BCUT2D eigenvalue weighted by Crippen LogP contribution is 2.25. The molecule has 1 N–H and O–H groups in total. The van der Waals surface area contributed by atoms with Crippen LogP contribution in [0.5, 0.6) is 0 Å². The minimum absolute atomic E-state index is 0.0280. The van der Waals surface area contributed by atoms with E-state index in [2.05, 4.69) is 0 Å². The van der Waals surface area contributed by atoms with Gasteiger partial charge in [0.1, 0.15) is 0 Å². The number of nitrogens with one attached hydrogen (secondary N) is 1. The van der Waals surface area contributed by atoms with Gasteiger partial charge in [-0.15, -0.1) is 0 Å². The molecular formula is C22H23F3N2O5S. The largest absolute Gasteiger partial charge is 0.449 e. The summed E-state index contributed by atoms with van der Waals surface area (Å²) in [5, 5.41) is 2.02. The van der Waals surface area contributed by atoms with Crippen LogP contribution < -0.4 is 5.32 Å².